The maximum Gasteiger partial charge on any atom is 0.230 e. The van der Waals surface area contributed by atoms with Gasteiger partial charge in [-0.1, -0.05) is 0 Å². The van der Waals surface area contributed by atoms with Crippen molar-refractivity contribution in [2.75, 3.05) is 20.3 Å². The number of hydrogen-bond acceptors (Lipinski definition) is 4. The van der Waals surface area contributed by atoms with Crippen molar-refractivity contribution in [3.8, 4) is 0 Å². The van der Waals surface area contributed by atoms with Gasteiger partial charge in [0.2, 0.25) is 5.91 Å². The zero-order chi connectivity index (χ0) is 15.1. The minimum absolute atomic E-state index is 0.0979. The smallest absolute Gasteiger partial charge is 0.230 e. The molecule has 0 saturated carbocycles. The summed E-state index contributed by atoms with van der Waals surface area (Å²) in [5, 5.41) is 0. The van der Waals surface area contributed by atoms with Crippen LogP contribution in [0.25, 0.3) is 0 Å². The lowest BCUT2D eigenvalue weighted by Crippen LogP contribution is -2.63. The molecule has 2 aliphatic rings. The van der Waals surface area contributed by atoms with Gasteiger partial charge in [0.25, 0.3) is 0 Å². The van der Waals surface area contributed by atoms with E-state index in [-0.39, 0.29) is 29.6 Å². The van der Waals surface area contributed by atoms with Crippen molar-refractivity contribution in [3.05, 3.63) is 0 Å². The van der Waals surface area contributed by atoms with E-state index in [1.165, 1.54) is 0 Å². The van der Waals surface area contributed by atoms with Gasteiger partial charge in [-0.15, -0.1) is 0 Å². The molecule has 0 bridgehead atoms. The topological polar surface area (TPSA) is 48.0 Å². The summed E-state index contributed by atoms with van der Waals surface area (Å²) in [6.07, 6.45) is 1.03. The Balaban J connectivity index is 1.95. The third-order valence-corrected chi connectivity index (χ3v) is 4.01. The van der Waals surface area contributed by atoms with Gasteiger partial charge in [-0.25, -0.2) is 0 Å². The predicted octanol–water partition coefficient (Wildman–Crippen LogP) is 1.80. The quantitative estimate of drug-likeness (QED) is 0.571. The predicted molar refractivity (Wildman–Crippen MR) is 75.3 cm³/mol. The van der Waals surface area contributed by atoms with E-state index in [0.29, 0.717) is 6.61 Å². The fourth-order valence-corrected chi connectivity index (χ4v) is 2.90. The highest BCUT2D eigenvalue weighted by atomic mass is 16.7. The van der Waals surface area contributed by atoms with Crippen LogP contribution in [0, 0.1) is 5.92 Å². The number of methoxy groups -OCH3 is 1. The number of nitrogens with zero attached hydrogens (tertiary/aromatic N) is 1. The normalized spacial score (nSPS) is 30.4. The molecule has 0 unspecified atom stereocenters. The van der Waals surface area contributed by atoms with Gasteiger partial charge in [-0.3, -0.25) is 4.79 Å². The Hall–Kier alpha value is -0.650. The summed E-state index contributed by atoms with van der Waals surface area (Å²) in [7, 11) is 1.61. The van der Waals surface area contributed by atoms with Crippen LogP contribution in [0.2, 0.25) is 0 Å². The molecule has 2 fully saturated rings. The number of rotatable bonds is 5. The van der Waals surface area contributed by atoms with Crippen molar-refractivity contribution >= 4 is 5.91 Å². The van der Waals surface area contributed by atoms with Gasteiger partial charge in [0, 0.05) is 13.7 Å². The largest absolute Gasteiger partial charge is 0.370 e. The van der Waals surface area contributed by atoms with Crippen LogP contribution in [0.3, 0.4) is 0 Å². The fourth-order valence-electron chi connectivity index (χ4n) is 2.90. The van der Waals surface area contributed by atoms with E-state index in [2.05, 4.69) is 20.8 Å². The molecule has 0 N–H and O–H groups in total. The monoisotopic (exact) mass is 285 g/mol. The van der Waals surface area contributed by atoms with Gasteiger partial charge in [0.05, 0.1) is 30.3 Å². The van der Waals surface area contributed by atoms with E-state index < -0.39 is 5.79 Å². The molecule has 0 aromatic carbocycles. The molecule has 5 heteroatoms. The van der Waals surface area contributed by atoms with E-state index in [0.717, 1.165) is 13.0 Å². The van der Waals surface area contributed by atoms with Crippen molar-refractivity contribution in [2.45, 2.75) is 64.6 Å². The second kappa shape index (κ2) is 5.28. The molecule has 1 amide bonds. The Bertz CT molecular complexity index is 375. The molecule has 0 radical (unpaired) electrons. The van der Waals surface area contributed by atoms with Crippen molar-refractivity contribution in [1.29, 1.82) is 0 Å². The van der Waals surface area contributed by atoms with Gasteiger partial charge in [-0.2, -0.15) is 0 Å². The van der Waals surface area contributed by atoms with E-state index >= 15 is 0 Å². The highest BCUT2D eigenvalue weighted by molar-refractivity contribution is 5.87. The lowest BCUT2D eigenvalue weighted by Gasteiger charge is -2.46. The standard InChI is InChI=1S/C15H27NO4/c1-14(2,3)20-11-7-8-16-12(11)10(13(16)17)9-19-15(4,5)18-6/h10-12H,7-9H2,1-6H3/t10-,11+,12-/m1/s1. The van der Waals surface area contributed by atoms with Crippen LogP contribution in [0.4, 0.5) is 0 Å². The second-order valence-electron chi connectivity index (χ2n) is 7.10. The van der Waals surface area contributed by atoms with E-state index in [4.69, 9.17) is 14.2 Å². The first-order valence-corrected chi connectivity index (χ1v) is 7.32. The van der Waals surface area contributed by atoms with Crippen LogP contribution in [0.1, 0.15) is 41.0 Å². The summed E-state index contributed by atoms with van der Waals surface area (Å²) < 4.78 is 17.0. The highest BCUT2D eigenvalue weighted by Gasteiger charge is 2.55. The molecule has 0 aromatic rings. The Kier molecular flexibility index (Phi) is 4.15. The lowest BCUT2D eigenvalue weighted by atomic mass is 9.87. The van der Waals surface area contributed by atoms with Gasteiger partial charge in [0.1, 0.15) is 0 Å². The van der Waals surface area contributed by atoms with Crippen molar-refractivity contribution in [1.82, 2.24) is 4.90 Å². The number of amides is 1. The van der Waals surface area contributed by atoms with Crippen molar-refractivity contribution in [3.63, 3.8) is 0 Å². The summed E-state index contributed by atoms with van der Waals surface area (Å²) in [5.41, 5.74) is -0.184. The Morgan fingerprint density at radius 2 is 1.90 bits per heavy atom. The molecule has 2 aliphatic heterocycles. The van der Waals surface area contributed by atoms with E-state index in [1.807, 2.05) is 18.7 Å². The van der Waals surface area contributed by atoms with Crippen LogP contribution in [0.5, 0.6) is 0 Å². The van der Waals surface area contributed by atoms with Crippen LogP contribution < -0.4 is 0 Å². The minimum Gasteiger partial charge on any atom is -0.370 e. The highest BCUT2D eigenvalue weighted by Crippen LogP contribution is 2.39. The third-order valence-electron chi connectivity index (χ3n) is 4.01. The number of hydrogen-bond donors (Lipinski definition) is 0. The first kappa shape index (κ1) is 15.7. The molecule has 5 nitrogen and oxygen atoms in total. The maximum absolute atomic E-state index is 12.1. The molecule has 2 heterocycles. The van der Waals surface area contributed by atoms with Crippen molar-refractivity contribution < 1.29 is 19.0 Å². The summed E-state index contributed by atoms with van der Waals surface area (Å²) in [6, 6.07) is 0.161. The number of β-lactam (4-membered cyclic amide) rings is 1. The average molecular weight is 285 g/mol. The Labute approximate surface area is 121 Å². The molecule has 0 aliphatic carbocycles. The summed E-state index contributed by atoms with van der Waals surface area (Å²) in [6.45, 7) is 11.1. The molecule has 2 rings (SSSR count). The molecular weight excluding hydrogens is 258 g/mol. The number of carbonyl (C=O) groups excluding carboxylic acids is 1. The first-order valence-electron chi connectivity index (χ1n) is 7.32. The molecule has 116 valence electrons. The molecule has 0 aromatic heterocycles. The molecule has 0 spiro atoms. The number of ether oxygens (including phenoxy) is 3. The van der Waals surface area contributed by atoms with Gasteiger partial charge < -0.3 is 19.1 Å². The molecule has 2 saturated heterocycles. The van der Waals surface area contributed by atoms with Gasteiger partial charge in [0.15, 0.2) is 5.79 Å². The fraction of sp³-hybridized carbons (Fsp3) is 0.933. The lowest BCUT2D eigenvalue weighted by molar-refractivity contribution is -0.218. The molecule has 3 atom stereocenters. The van der Waals surface area contributed by atoms with Crippen LogP contribution >= 0.6 is 0 Å². The summed E-state index contributed by atoms with van der Waals surface area (Å²) in [4.78, 5) is 14.0. The Morgan fingerprint density at radius 3 is 2.45 bits per heavy atom. The van der Waals surface area contributed by atoms with E-state index in [1.54, 1.807) is 7.11 Å². The zero-order valence-corrected chi connectivity index (χ0v) is 13.4. The third kappa shape index (κ3) is 3.15. The summed E-state index contributed by atoms with van der Waals surface area (Å²) in [5.74, 6) is -0.569. The SMILES string of the molecule is COC(C)(C)OC[C@H]1C(=O)N2CC[C@H](OC(C)(C)C)[C@@H]12. The average Bonchev–Trinajstić information content (AvgIpc) is 2.66. The maximum atomic E-state index is 12.1. The molecule has 20 heavy (non-hydrogen) atoms. The van der Waals surface area contributed by atoms with Crippen LogP contribution in [0.15, 0.2) is 0 Å². The van der Waals surface area contributed by atoms with Gasteiger partial charge in [-0.05, 0) is 41.0 Å². The first-order chi connectivity index (χ1) is 9.14. The van der Waals surface area contributed by atoms with Crippen LogP contribution in [-0.2, 0) is 19.0 Å². The summed E-state index contributed by atoms with van der Waals surface area (Å²) >= 11 is 0. The van der Waals surface area contributed by atoms with Gasteiger partial charge >= 0.3 is 0 Å². The van der Waals surface area contributed by atoms with E-state index in [9.17, 15) is 4.79 Å². The number of carbonyl (C=O) groups is 1. The van der Waals surface area contributed by atoms with Crippen molar-refractivity contribution in [2.24, 2.45) is 5.92 Å². The van der Waals surface area contributed by atoms with Crippen LogP contribution in [-0.4, -0.2) is 54.6 Å². The Morgan fingerprint density at radius 1 is 1.25 bits per heavy atom. The molecular formula is C15H27NO4. The minimum atomic E-state index is -0.653. The zero-order valence-electron chi connectivity index (χ0n) is 13.4. The number of fused-ring (bicyclic) bond motifs is 1. The second-order valence-corrected chi connectivity index (χ2v) is 7.10.